The number of unbranched alkanes of at least 4 members (excludes halogenated alkanes) is 2. The first-order valence-electron chi connectivity index (χ1n) is 8.18. The summed E-state index contributed by atoms with van der Waals surface area (Å²) in [5, 5.41) is 17.4. The van der Waals surface area contributed by atoms with E-state index in [9.17, 15) is 14.4 Å². The van der Waals surface area contributed by atoms with Gasteiger partial charge in [0, 0.05) is 12.8 Å². The number of ether oxygens (including phenoxy) is 1. The van der Waals surface area contributed by atoms with E-state index in [4.69, 9.17) is 14.9 Å². The van der Waals surface area contributed by atoms with Gasteiger partial charge in [-0.1, -0.05) is 12.2 Å². The van der Waals surface area contributed by atoms with Gasteiger partial charge in [0.1, 0.15) is 6.54 Å². The van der Waals surface area contributed by atoms with Gasteiger partial charge in [-0.15, -0.1) is 0 Å². The number of carboxylic acid groups (broad SMARTS) is 2. The highest BCUT2D eigenvalue weighted by molar-refractivity contribution is 5.71. The Morgan fingerprint density at radius 2 is 1.58 bits per heavy atom. The van der Waals surface area contributed by atoms with Gasteiger partial charge in [-0.25, -0.2) is 0 Å². The van der Waals surface area contributed by atoms with E-state index >= 15 is 0 Å². The maximum absolute atomic E-state index is 11.8. The first kappa shape index (κ1) is 22.1. The van der Waals surface area contributed by atoms with Crippen molar-refractivity contribution in [3.8, 4) is 0 Å². The minimum Gasteiger partial charge on any atom is -0.481 e. The quantitative estimate of drug-likeness (QED) is 0.229. The van der Waals surface area contributed by atoms with E-state index in [1.807, 2.05) is 33.3 Å². The summed E-state index contributed by atoms with van der Waals surface area (Å²) in [6.07, 6.45) is 6.08. The van der Waals surface area contributed by atoms with Crippen molar-refractivity contribution in [2.75, 3.05) is 27.7 Å². The minimum atomic E-state index is -0.979. The van der Waals surface area contributed by atoms with E-state index in [2.05, 4.69) is 0 Å². The Hall–Kier alpha value is -1.89. The standard InChI is InChI=1S/C17H29NO6/c1-18(2,3)13-14(12-16(21)22)24-17(23)11-9-7-5-4-6-8-10-15(19)20/h4,6,14H,5,7-13H2,1-3H3,(H-,19,20,21,22)/p+1/b6-4+. The molecule has 0 aliphatic rings. The van der Waals surface area contributed by atoms with Crippen LogP contribution in [-0.2, 0) is 19.1 Å². The number of rotatable bonds is 13. The van der Waals surface area contributed by atoms with Crippen LogP contribution >= 0.6 is 0 Å². The number of quaternary nitrogens is 1. The third-order valence-corrected chi connectivity index (χ3v) is 3.14. The SMILES string of the molecule is C[N+](C)(C)CC(CC(=O)O)OC(=O)CCCC/C=C/CCC(=O)O. The average Bonchev–Trinajstić information content (AvgIpc) is 2.38. The molecule has 0 heterocycles. The van der Waals surface area contributed by atoms with Crippen LogP contribution in [0.5, 0.6) is 0 Å². The zero-order valence-corrected chi connectivity index (χ0v) is 14.9. The number of esters is 1. The van der Waals surface area contributed by atoms with Crippen molar-refractivity contribution in [3.05, 3.63) is 12.2 Å². The molecular formula is C17H30NO6+. The molecule has 7 heteroatoms. The van der Waals surface area contributed by atoms with E-state index in [0.29, 0.717) is 23.9 Å². The van der Waals surface area contributed by atoms with Gasteiger partial charge in [0.15, 0.2) is 6.10 Å². The van der Waals surface area contributed by atoms with Crippen molar-refractivity contribution in [2.45, 2.75) is 51.0 Å². The molecule has 0 aromatic carbocycles. The van der Waals surface area contributed by atoms with Crippen LogP contribution < -0.4 is 0 Å². The fourth-order valence-electron chi connectivity index (χ4n) is 2.17. The molecule has 0 saturated carbocycles. The number of aliphatic carboxylic acids is 2. The molecule has 0 aliphatic heterocycles. The van der Waals surface area contributed by atoms with Gasteiger partial charge in [0.2, 0.25) is 0 Å². The maximum Gasteiger partial charge on any atom is 0.307 e. The molecule has 0 fully saturated rings. The number of likely N-dealkylation sites (N-methyl/N-ethyl adjacent to an activating group) is 1. The summed E-state index contributed by atoms with van der Waals surface area (Å²) >= 11 is 0. The summed E-state index contributed by atoms with van der Waals surface area (Å²) in [7, 11) is 5.75. The van der Waals surface area contributed by atoms with Crippen LogP contribution in [-0.4, -0.2) is 66.4 Å². The lowest BCUT2D eigenvalue weighted by Gasteiger charge is -2.28. The molecule has 0 aliphatic carbocycles. The van der Waals surface area contributed by atoms with E-state index in [0.717, 1.165) is 12.8 Å². The van der Waals surface area contributed by atoms with Crippen LogP contribution in [0, 0.1) is 0 Å². The molecule has 0 saturated heterocycles. The predicted octanol–water partition coefficient (Wildman–Crippen LogP) is 2.06. The summed E-state index contributed by atoms with van der Waals surface area (Å²) in [6, 6.07) is 0. The lowest BCUT2D eigenvalue weighted by molar-refractivity contribution is -0.873. The maximum atomic E-state index is 11.8. The Morgan fingerprint density at radius 3 is 2.12 bits per heavy atom. The Morgan fingerprint density at radius 1 is 0.958 bits per heavy atom. The van der Waals surface area contributed by atoms with Crippen molar-refractivity contribution >= 4 is 17.9 Å². The number of hydrogen-bond donors (Lipinski definition) is 2. The van der Waals surface area contributed by atoms with Gasteiger partial charge < -0.3 is 19.4 Å². The number of hydrogen-bond acceptors (Lipinski definition) is 4. The third-order valence-electron chi connectivity index (χ3n) is 3.14. The normalized spacial score (nSPS) is 13.0. The molecule has 0 amide bonds. The summed E-state index contributed by atoms with van der Waals surface area (Å²) in [5.41, 5.74) is 0. The molecular weight excluding hydrogens is 314 g/mol. The number of carbonyl (C=O) groups excluding carboxylic acids is 1. The van der Waals surface area contributed by atoms with Crippen molar-refractivity contribution in [3.63, 3.8) is 0 Å². The molecule has 0 aromatic rings. The average molecular weight is 344 g/mol. The van der Waals surface area contributed by atoms with Gasteiger partial charge in [0.05, 0.1) is 27.6 Å². The largest absolute Gasteiger partial charge is 0.481 e. The van der Waals surface area contributed by atoms with Gasteiger partial charge in [0.25, 0.3) is 0 Å². The van der Waals surface area contributed by atoms with Crippen LogP contribution in [0.25, 0.3) is 0 Å². The first-order chi connectivity index (χ1) is 11.1. The van der Waals surface area contributed by atoms with Gasteiger partial charge in [-0.2, -0.15) is 0 Å². The van der Waals surface area contributed by atoms with E-state index in [-0.39, 0.29) is 25.2 Å². The van der Waals surface area contributed by atoms with Crippen molar-refractivity contribution in [2.24, 2.45) is 0 Å². The highest BCUT2D eigenvalue weighted by atomic mass is 16.5. The number of allylic oxidation sites excluding steroid dienone is 2. The molecule has 1 atom stereocenters. The number of carboxylic acids is 2. The molecule has 7 nitrogen and oxygen atoms in total. The van der Waals surface area contributed by atoms with Gasteiger partial charge in [-0.3, -0.25) is 14.4 Å². The summed E-state index contributed by atoms with van der Waals surface area (Å²) in [6.45, 7) is 0.449. The second kappa shape index (κ2) is 11.6. The van der Waals surface area contributed by atoms with Gasteiger partial charge >= 0.3 is 17.9 Å². The van der Waals surface area contributed by atoms with Crippen LogP contribution in [0.3, 0.4) is 0 Å². The molecule has 0 aromatic heterocycles. The Balaban J connectivity index is 3.99. The molecule has 0 radical (unpaired) electrons. The summed E-state index contributed by atoms with van der Waals surface area (Å²) in [4.78, 5) is 33.0. The van der Waals surface area contributed by atoms with Crippen LogP contribution in [0.1, 0.15) is 44.9 Å². The molecule has 0 rings (SSSR count). The molecule has 0 bridgehead atoms. The summed E-state index contributed by atoms with van der Waals surface area (Å²) in [5.74, 6) is -2.16. The lowest BCUT2D eigenvalue weighted by atomic mass is 10.1. The molecule has 24 heavy (non-hydrogen) atoms. The molecule has 2 N–H and O–H groups in total. The highest BCUT2D eigenvalue weighted by Gasteiger charge is 2.24. The summed E-state index contributed by atoms with van der Waals surface area (Å²) < 4.78 is 5.81. The molecule has 1 unspecified atom stereocenters. The fraction of sp³-hybridized carbons (Fsp3) is 0.706. The van der Waals surface area contributed by atoms with E-state index in [1.54, 1.807) is 0 Å². The third kappa shape index (κ3) is 15.0. The second-order valence-electron chi connectivity index (χ2n) is 6.83. The second-order valence-corrected chi connectivity index (χ2v) is 6.83. The Labute approximate surface area is 143 Å². The van der Waals surface area contributed by atoms with E-state index < -0.39 is 18.0 Å². The van der Waals surface area contributed by atoms with Gasteiger partial charge in [-0.05, 0) is 25.7 Å². The van der Waals surface area contributed by atoms with Crippen molar-refractivity contribution < 1.29 is 33.8 Å². The zero-order valence-electron chi connectivity index (χ0n) is 14.9. The highest BCUT2D eigenvalue weighted by Crippen LogP contribution is 2.09. The first-order valence-corrected chi connectivity index (χ1v) is 8.18. The Kier molecular flexibility index (Phi) is 10.7. The van der Waals surface area contributed by atoms with Crippen LogP contribution in [0.4, 0.5) is 0 Å². The number of nitrogens with zero attached hydrogens (tertiary/aromatic N) is 1. The zero-order chi connectivity index (χ0) is 18.6. The monoisotopic (exact) mass is 344 g/mol. The van der Waals surface area contributed by atoms with Crippen LogP contribution in [0.2, 0.25) is 0 Å². The lowest BCUT2D eigenvalue weighted by Crippen LogP contribution is -2.43. The van der Waals surface area contributed by atoms with Crippen molar-refractivity contribution in [1.29, 1.82) is 0 Å². The van der Waals surface area contributed by atoms with E-state index in [1.165, 1.54) is 0 Å². The molecule has 0 spiro atoms. The minimum absolute atomic E-state index is 0.125. The number of carbonyl (C=O) groups is 3. The molecule has 138 valence electrons. The van der Waals surface area contributed by atoms with Crippen LogP contribution in [0.15, 0.2) is 12.2 Å². The topological polar surface area (TPSA) is 101 Å². The fourth-order valence-corrected chi connectivity index (χ4v) is 2.17. The smallest absolute Gasteiger partial charge is 0.307 e. The van der Waals surface area contributed by atoms with Crippen molar-refractivity contribution in [1.82, 2.24) is 0 Å². The Bertz CT molecular complexity index is 439. The predicted molar refractivity (Wildman–Crippen MR) is 89.5 cm³/mol.